The highest BCUT2D eigenvalue weighted by atomic mass is 79.9. The molecule has 4 N–H and O–H groups in total. The van der Waals surface area contributed by atoms with Gasteiger partial charge in [0.15, 0.2) is 18.3 Å². The van der Waals surface area contributed by atoms with Gasteiger partial charge in [-0.25, -0.2) is 9.97 Å². The lowest BCUT2D eigenvalue weighted by molar-refractivity contribution is -0.376. The first-order chi connectivity index (χ1) is 5.27. The first-order valence-electron chi connectivity index (χ1n) is 3.08. The Kier molecular flexibility index (Phi) is 1.32. The number of nitrogens with zero attached hydrogens (tertiary/aromatic N) is 1. The predicted molar refractivity (Wildman–Crippen MR) is 44.8 cm³/mol. The monoisotopic (exact) mass is 213 g/mol. The van der Waals surface area contributed by atoms with Crippen LogP contribution in [0.15, 0.2) is 16.9 Å². The molecule has 0 aliphatic carbocycles. The van der Waals surface area contributed by atoms with E-state index in [-0.39, 0.29) is 0 Å². The number of rotatable bonds is 0. The second kappa shape index (κ2) is 2.20. The van der Waals surface area contributed by atoms with Crippen LogP contribution in [0.5, 0.6) is 0 Å². The Morgan fingerprint density at radius 1 is 1.55 bits per heavy atom. The number of nitrogens with two attached hydrogens (primary N) is 1. The summed E-state index contributed by atoms with van der Waals surface area (Å²) in [6, 6.07) is 0. The minimum atomic E-state index is 0.431. The zero-order chi connectivity index (χ0) is 7.84. The van der Waals surface area contributed by atoms with Gasteiger partial charge in [-0.1, -0.05) is 0 Å². The molecule has 56 valence electrons. The molecule has 2 heterocycles. The van der Waals surface area contributed by atoms with Crippen LogP contribution in [0.4, 0.5) is 5.95 Å². The third-order valence-electron chi connectivity index (χ3n) is 1.41. The van der Waals surface area contributed by atoms with Crippen LogP contribution in [0.3, 0.4) is 0 Å². The molecule has 2 aromatic heterocycles. The molecule has 0 fully saturated rings. The number of aromatic nitrogens is 3. The van der Waals surface area contributed by atoms with Gasteiger partial charge in [0.25, 0.3) is 0 Å². The Hall–Kier alpha value is -1.10. The fraction of sp³-hybridized carbons (Fsp3) is 0. The van der Waals surface area contributed by atoms with Gasteiger partial charge in [-0.3, -0.25) is 0 Å². The van der Waals surface area contributed by atoms with Crippen LogP contribution >= 0.6 is 15.9 Å². The number of hydrogen-bond acceptors (Lipinski definition) is 2. The zero-order valence-corrected chi connectivity index (χ0v) is 7.14. The van der Waals surface area contributed by atoms with E-state index in [9.17, 15) is 0 Å². The highest BCUT2D eigenvalue weighted by Gasteiger charge is 2.05. The summed E-state index contributed by atoms with van der Waals surface area (Å²) < 4.78 is 0.906. The number of H-pyrrole nitrogens is 2. The van der Waals surface area contributed by atoms with Crippen molar-refractivity contribution < 1.29 is 4.98 Å². The number of nitrogen functional groups attached to an aromatic ring is 1. The molecule has 11 heavy (non-hydrogen) atoms. The third-order valence-corrected chi connectivity index (χ3v) is 2.02. The van der Waals surface area contributed by atoms with Crippen molar-refractivity contribution in [2.24, 2.45) is 0 Å². The molecule has 0 aliphatic rings. The molecule has 4 nitrogen and oxygen atoms in total. The van der Waals surface area contributed by atoms with E-state index >= 15 is 0 Å². The third kappa shape index (κ3) is 0.970. The molecule has 5 heteroatoms. The van der Waals surface area contributed by atoms with Crippen LogP contribution in [-0.4, -0.2) is 9.97 Å². The molecule has 0 saturated heterocycles. The summed E-state index contributed by atoms with van der Waals surface area (Å²) in [5.41, 5.74) is 7.21. The number of pyridine rings is 1. The Morgan fingerprint density at radius 3 is 3.09 bits per heavy atom. The standard InChI is InChI=1S/C6H5BrN4/c7-3-1-9-2-4-5(3)11-6(8)10-4/h1-2H,(H3,8,10,11)/p+1. The van der Waals surface area contributed by atoms with E-state index in [2.05, 4.69) is 30.9 Å². The molecule has 0 aromatic carbocycles. The molecule has 0 saturated carbocycles. The van der Waals surface area contributed by atoms with Gasteiger partial charge in [-0.15, -0.1) is 0 Å². The summed E-state index contributed by atoms with van der Waals surface area (Å²) >= 11 is 3.34. The smallest absolute Gasteiger partial charge is 0.198 e. The van der Waals surface area contributed by atoms with E-state index in [4.69, 9.17) is 5.73 Å². The number of halogens is 1. The van der Waals surface area contributed by atoms with Crippen molar-refractivity contribution in [2.75, 3.05) is 5.73 Å². The topological polar surface area (TPSA) is 68.8 Å². The Balaban J connectivity index is 2.90. The maximum Gasteiger partial charge on any atom is 0.198 e. The summed E-state index contributed by atoms with van der Waals surface area (Å²) in [4.78, 5) is 9.92. The molecule has 0 spiro atoms. The SMILES string of the molecule is Nc1nc2c(Br)c[nH+]cc2[nH]1. The van der Waals surface area contributed by atoms with Gasteiger partial charge in [0.2, 0.25) is 0 Å². The summed E-state index contributed by atoms with van der Waals surface area (Å²) in [6.07, 6.45) is 3.62. The van der Waals surface area contributed by atoms with E-state index in [0.717, 1.165) is 15.5 Å². The van der Waals surface area contributed by atoms with Crippen LogP contribution < -0.4 is 10.7 Å². The van der Waals surface area contributed by atoms with Crippen molar-refractivity contribution in [3.63, 3.8) is 0 Å². The molecule has 0 bridgehead atoms. The van der Waals surface area contributed by atoms with Gasteiger partial charge in [-0.05, 0) is 15.9 Å². The molecule has 0 amide bonds. The lowest BCUT2D eigenvalue weighted by Crippen LogP contribution is -1.98. The van der Waals surface area contributed by atoms with Crippen LogP contribution in [0.2, 0.25) is 0 Å². The van der Waals surface area contributed by atoms with Gasteiger partial charge in [0.05, 0.1) is 0 Å². The van der Waals surface area contributed by atoms with E-state index in [1.807, 2.05) is 12.4 Å². The minimum absolute atomic E-state index is 0.431. The second-order valence-corrected chi connectivity index (χ2v) is 3.04. The highest BCUT2D eigenvalue weighted by Crippen LogP contribution is 2.18. The number of hydrogen-bond donors (Lipinski definition) is 2. The number of aromatic amines is 2. The van der Waals surface area contributed by atoms with Crippen LogP contribution in [0.25, 0.3) is 11.0 Å². The van der Waals surface area contributed by atoms with Crippen LogP contribution in [-0.2, 0) is 0 Å². The largest absolute Gasteiger partial charge is 0.369 e. The number of imidazole rings is 1. The normalized spacial score (nSPS) is 10.6. The first-order valence-corrected chi connectivity index (χ1v) is 3.87. The minimum Gasteiger partial charge on any atom is -0.369 e. The van der Waals surface area contributed by atoms with Crippen molar-refractivity contribution >= 4 is 32.9 Å². The fourth-order valence-corrected chi connectivity index (χ4v) is 1.39. The van der Waals surface area contributed by atoms with E-state index in [1.54, 1.807) is 0 Å². The summed E-state index contributed by atoms with van der Waals surface area (Å²) in [5.74, 6) is 0.431. The van der Waals surface area contributed by atoms with Crippen molar-refractivity contribution in [1.82, 2.24) is 9.97 Å². The lowest BCUT2D eigenvalue weighted by atomic mass is 10.4. The van der Waals surface area contributed by atoms with Crippen molar-refractivity contribution in [3.8, 4) is 0 Å². The summed E-state index contributed by atoms with van der Waals surface area (Å²) in [7, 11) is 0. The summed E-state index contributed by atoms with van der Waals surface area (Å²) in [6.45, 7) is 0. The summed E-state index contributed by atoms with van der Waals surface area (Å²) in [5, 5.41) is 0. The van der Waals surface area contributed by atoms with Crippen LogP contribution in [0.1, 0.15) is 0 Å². The lowest BCUT2D eigenvalue weighted by Gasteiger charge is -1.82. The second-order valence-electron chi connectivity index (χ2n) is 2.19. The highest BCUT2D eigenvalue weighted by molar-refractivity contribution is 9.10. The predicted octanol–water partition coefficient (Wildman–Crippen LogP) is 0.722. The Bertz CT molecular complexity index is 394. The molecule has 0 radical (unpaired) electrons. The van der Waals surface area contributed by atoms with Gasteiger partial charge < -0.3 is 10.7 Å². The van der Waals surface area contributed by atoms with Gasteiger partial charge in [-0.2, -0.15) is 0 Å². The Labute approximate surface area is 71.0 Å². The van der Waals surface area contributed by atoms with Crippen molar-refractivity contribution in [2.45, 2.75) is 0 Å². The number of nitrogens with one attached hydrogen (secondary N) is 2. The maximum atomic E-state index is 5.46. The Morgan fingerprint density at radius 2 is 2.36 bits per heavy atom. The van der Waals surface area contributed by atoms with Crippen molar-refractivity contribution in [3.05, 3.63) is 16.9 Å². The zero-order valence-electron chi connectivity index (χ0n) is 5.56. The molecule has 0 aliphatic heterocycles. The van der Waals surface area contributed by atoms with Crippen molar-refractivity contribution in [1.29, 1.82) is 0 Å². The van der Waals surface area contributed by atoms with Crippen LogP contribution in [0, 0.1) is 0 Å². The molecule has 0 unspecified atom stereocenters. The molecule has 2 rings (SSSR count). The van der Waals surface area contributed by atoms with Gasteiger partial charge in [0, 0.05) is 0 Å². The number of anilines is 1. The molecule has 0 atom stereocenters. The fourth-order valence-electron chi connectivity index (χ4n) is 0.959. The van der Waals surface area contributed by atoms with Gasteiger partial charge >= 0.3 is 0 Å². The maximum absolute atomic E-state index is 5.46. The van der Waals surface area contributed by atoms with Gasteiger partial charge in [0.1, 0.15) is 15.5 Å². The molecular formula is C6H6BrN4+. The average molecular weight is 214 g/mol. The average Bonchev–Trinajstić information content (AvgIpc) is 2.31. The quantitative estimate of drug-likeness (QED) is 0.678. The van der Waals surface area contributed by atoms with E-state index in [0.29, 0.717) is 5.95 Å². The van der Waals surface area contributed by atoms with E-state index in [1.165, 1.54) is 0 Å². The molecular weight excluding hydrogens is 208 g/mol. The van der Waals surface area contributed by atoms with E-state index < -0.39 is 0 Å². The first kappa shape index (κ1) is 6.60. The number of fused-ring (bicyclic) bond motifs is 1. The molecule has 2 aromatic rings.